The summed E-state index contributed by atoms with van der Waals surface area (Å²) in [5.41, 5.74) is -1.55. The quantitative estimate of drug-likeness (QED) is 0.445. The molecule has 2 aromatic carbocycles. The molecule has 4 nitrogen and oxygen atoms in total. The number of carbonyl (C=O) groups is 2. The number of nitrogens with one attached hydrogen (secondary N) is 2. The van der Waals surface area contributed by atoms with Crippen molar-refractivity contribution in [2.24, 2.45) is 0 Å². The van der Waals surface area contributed by atoms with Crippen molar-refractivity contribution in [3.8, 4) is 0 Å². The molecular formula is C26H34Cl4N2O2. The van der Waals surface area contributed by atoms with Gasteiger partial charge in [-0.1, -0.05) is 72.4 Å². The van der Waals surface area contributed by atoms with Gasteiger partial charge in [0.05, 0.1) is 0 Å². The molecule has 2 fully saturated rings. The first-order valence-corrected chi connectivity index (χ1v) is 11.5. The van der Waals surface area contributed by atoms with E-state index in [1.165, 1.54) is 14.1 Å². The Morgan fingerprint density at radius 3 is 1.41 bits per heavy atom. The van der Waals surface area contributed by atoms with Crippen molar-refractivity contribution in [1.82, 2.24) is 10.6 Å². The second-order valence-electron chi connectivity index (χ2n) is 7.85. The van der Waals surface area contributed by atoms with Gasteiger partial charge in [0.1, 0.15) is 13.9 Å². The summed E-state index contributed by atoms with van der Waals surface area (Å²) >= 11 is 12.3. The van der Waals surface area contributed by atoms with Crippen LogP contribution in [0.3, 0.4) is 0 Å². The largest absolute Gasteiger partial charge is 0.304 e. The fourth-order valence-corrected chi connectivity index (χ4v) is 4.97. The van der Waals surface area contributed by atoms with Crippen LogP contribution in [-0.4, -0.2) is 25.7 Å². The number of carbonyl (C=O) groups excluding carboxylic acids is 2. The fourth-order valence-electron chi connectivity index (χ4n) is 4.39. The van der Waals surface area contributed by atoms with Crippen LogP contribution in [0.5, 0.6) is 0 Å². The number of halogens is 4. The van der Waals surface area contributed by atoms with Crippen molar-refractivity contribution in [3.63, 3.8) is 0 Å². The molecule has 0 aliphatic heterocycles. The Labute approximate surface area is 233 Å². The lowest BCUT2D eigenvalue weighted by Gasteiger charge is -2.36. The van der Waals surface area contributed by atoms with Gasteiger partial charge in [0.2, 0.25) is 0 Å². The first kappa shape index (κ1) is 22.1. The van der Waals surface area contributed by atoms with Crippen LogP contribution in [0.15, 0.2) is 48.5 Å². The first-order chi connectivity index (χ1) is 17.6. The smallest absolute Gasteiger partial charge is 0.157 e. The molecule has 4 rings (SSSR count). The van der Waals surface area contributed by atoms with E-state index in [-0.39, 0.29) is 37.7 Å². The van der Waals surface area contributed by atoms with Crippen molar-refractivity contribution in [2.75, 3.05) is 14.1 Å². The molecule has 0 amide bonds. The zero-order valence-electron chi connectivity index (χ0n) is 25.1. The summed E-state index contributed by atoms with van der Waals surface area (Å²) in [5.74, 6) is -1.14. The lowest BCUT2D eigenvalue weighted by Crippen LogP contribution is -2.49. The van der Waals surface area contributed by atoms with Crippen molar-refractivity contribution < 1.29 is 17.9 Å². The Hall–Kier alpha value is -1.14. The highest BCUT2D eigenvalue weighted by molar-refractivity contribution is 6.32. The minimum atomic E-state index is -1.91. The van der Waals surface area contributed by atoms with Crippen LogP contribution < -0.4 is 10.6 Å². The van der Waals surface area contributed by atoms with Crippen molar-refractivity contribution in [2.45, 2.75) is 62.3 Å². The van der Waals surface area contributed by atoms with Crippen LogP contribution in [0, 0.1) is 0 Å². The molecule has 0 aromatic heterocycles. The van der Waals surface area contributed by atoms with Crippen LogP contribution in [-0.2, 0) is 20.7 Å². The number of hydrogen-bond donors (Lipinski definition) is 2. The zero-order chi connectivity index (χ0) is 28.5. The molecule has 34 heavy (non-hydrogen) atoms. The molecule has 2 N–H and O–H groups in total. The van der Waals surface area contributed by atoms with E-state index in [9.17, 15) is 9.59 Å². The average molecular weight is 554 g/mol. The van der Waals surface area contributed by atoms with Gasteiger partial charge in [-0.25, -0.2) is 0 Å². The van der Waals surface area contributed by atoms with E-state index in [4.69, 9.17) is 31.5 Å². The molecule has 2 aliphatic carbocycles. The normalized spacial score (nSPS) is 30.1. The molecule has 188 valence electrons. The third kappa shape index (κ3) is 6.16. The summed E-state index contributed by atoms with van der Waals surface area (Å²) in [6.45, 7) is 0. The Balaban J connectivity index is 0.000000381. The fraction of sp³-hybridized carbons (Fsp3) is 0.462. The summed E-state index contributed by atoms with van der Waals surface area (Å²) in [7, 11) is 2.95. The molecule has 0 radical (unpaired) electrons. The number of likely N-dealkylation sites (N-methyl/N-ethyl adjacent to an activating group) is 2. The topological polar surface area (TPSA) is 58.2 Å². The highest BCUT2D eigenvalue weighted by Gasteiger charge is 2.42. The summed E-state index contributed by atoms with van der Waals surface area (Å²) in [5, 5.41) is 2.89. The standard InChI is InChI=1S/2C13H16ClNO.2ClH/c2*1-15-13(9-5-4-8-12(13)16)10-6-2-3-7-11(10)14;;/h2*2-3,6-7,15H,4-5,8-9H2,1H3;2*1H/t2*13-;;/m10../s1/i2*8D2;;/hD2. The SMILES string of the molecule is Cl.Cl.[2H]N(C)[C@@]1(c2ccccc2Cl)CCCC([2H])([2H])C1=O.[2H]N(C)[C@]1(c2ccccc2Cl)CCCC([2H])([2H])C1=O. The van der Waals surface area contributed by atoms with Gasteiger partial charge in [-0.2, -0.15) is 0 Å². The monoisotopic (exact) mass is 552 g/mol. The number of ketones is 2. The van der Waals surface area contributed by atoms with Crippen LogP contribution >= 0.6 is 48.0 Å². The predicted molar refractivity (Wildman–Crippen MR) is 146 cm³/mol. The second kappa shape index (κ2) is 13.8. The Morgan fingerprint density at radius 1 is 0.735 bits per heavy atom. The van der Waals surface area contributed by atoms with Crippen molar-refractivity contribution in [1.29, 1.82) is 0 Å². The van der Waals surface area contributed by atoms with Crippen molar-refractivity contribution in [3.05, 3.63) is 69.7 Å². The second-order valence-corrected chi connectivity index (χ2v) is 8.66. The number of Topliss-reactive ketones (excluding diaryl/α,β-unsaturated/α-hetero) is 2. The molecule has 2 saturated carbocycles. The highest BCUT2D eigenvalue weighted by atomic mass is 35.5. The number of benzene rings is 2. The third-order valence-corrected chi connectivity index (χ3v) is 6.81. The summed E-state index contributed by atoms with van der Waals surface area (Å²) < 4.78 is 47.4. The van der Waals surface area contributed by atoms with Crippen LogP contribution in [0.1, 0.15) is 67.9 Å². The third-order valence-electron chi connectivity index (χ3n) is 6.16. The van der Waals surface area contributed by atoms with E-state index in [0.29, 0.717) is 46.9 Å². The molecule has 2 atom stereocenters. The molecule has 2 aliphatic rings. The maximum atomic E-state index is 12.6. The molecule has 8 heteroatoms. The molecule has 0 heterocycles. The van der Waals surface area contributed by atoms with E-state index >= 15 is 0 Å². The van der Waals surface area contributed by atoms with Gasteiger partial charge in [-0.3, -0.25) is 9.59 Å². The maximum Gasteiger partial charge on any atom is 0.157 e. The lowest BCUT2D eigenvalue weighted by molar-refractivity contribution is -0.128. The number of rotatable bonds is 4. The van der Waals surface area contributed by atoms with Crippen LogP contribution in [0.4, 0.5) is 0 Å². The van der Waals surface area contributed by atoms with Gasteiger partial charge >= 0.3 is 0 Å². The van der Waals surface area contributed by atoms with Gasteiger partial charge in [0.15, 0.2) is 11.6 Å². The lowest BCUT2D eigenvalue weighted by atomic mass is 9.75. The Morgan fingerprint density at radius 2 is 1.09 bits per heavy atom. The van der Waals surface area contributed by atoms with Crippen LogP contribution in [0.25, 0.3) is 0 Å². The van der Waals surface area contributed by atoms with E-state index in [1.54, 1.807) is 48.5 Å². The van der Waals surface area contributed by atoms with Crippen molar-refractivity contribution >= 4 is 59.6 Å². The minimum absolute atomic E-state index is 0. The molecule has 0 spiro atoms. The van der Waals surface area contributed by atoms with E-state index in [1.807, 2.05) is 0 Å². The van der Waals surface area contributed by atoms with E-state index in [2.05, 4.69) is 0 Å². The molecular weight excluding hydrogens is 514 g/mol. The van der Waals surface area contributed by atoms with Gasteiger partial charge < -0.3 is 10.6 Å². The van der Waals surface area contributed by atoms with Crippen LogP contribution in [0.2, 0.25) is 12.9 Å². The zero-order valence-corrected chi connectivity index (χ0v) is 22.3. The van der Waals surface area contributed by atoms with Gasteiger partial charge in [0, 0.05) is 28.3 Å². The molecule has 0 unspecified atom stereocenters. The molecule has 2 aromatic rings. The summed E-state index contributed by atoms with van der Waals surface area (Å²) in [6.07, 6.45) is -1.50. The first-order valence-electron chi connectivity index (χ1n) is 13.6. The Bertz CT molecular complexity index is 1110. The molecule has 0 bridgehead atoms. The van der Waals surface area contributed by atoms with E-state index < -0.39 is 35.4 Å². The van der Waals surface area contributed by atoms with Gasteiger partial charge in [-0.05, 0) is 63.0 Å². The average Bonchev–Trinajstić information content (AvgIpc) is 2.84. The Kier molecular flexibility index (Phi) is 8.98. The maximum absolute atomic E-state index is 12.6. The number of hydrogen-bond acceptors (Lipinski definition) is 4. The molecule has 0 saturated heterocycles. The predicted octanol–water partition coefficient (Wildman–Crippen LogP) is 6.64. The van der Waals surface area contributed by atoms with E-state index in [0.717, 1.165) is 10.6 Å². The summed E-state index contributed by atoms with van der Waals surface area (Å²) in [4.78, 5) is 25.1. The highest BCUT2D eigenvalue weighted by Crippen LogP contribution is 2.38. The minimum Gasteiger partial charge on any atom is -0.304 e. The summed E-state index contributed by atoms with van der Waals surface area (Å²) in [6, 6.07) is 13.8. The van der Waals surface area contributed by atoms with Gasteiger partial charge in [-0.15, -0.1) is 24.8 Å². The van der Waals surface area contributed by atoms with Gasteiger partial charge in [0.25, 0.3) is 0 Å².